The highest BCUT2D eigenvalue weighted by Crippen LogP contribution is 2.38. The van der Waals surface area contributed by atoms with E-state index in [1.54, 1.807) is 0 Å². The third-order valence-electron chi connectivity index (χ3n) is 4.63. The van der Waals surface area contributed by atoms with Crippen molar-refractivity contribution in [3.05, 3.63) is 0 Å². The van der Waals surface area contributed by atoms with Crippen LogP contribution in [0, 0.1) is 11.3 Å². The number of morpholine rings is 1. The minimum absolute atomic E-state index is 0.557. The minimum Gasteiger partial charge on any atom is -0.379 e. The highest BCUT2D eigenvalue weighted by molar-refractivity contribution is 4.86. The average molecular weight is 254 g/mol. The van der Waals surface area contributed by atoms with Gasteiger partial charge in [-0.1, -0.05) is 20.8 Å². The molecule has 2 rings (SSSR count). The molecule has 1 saturated heterocycles. The minimum atomic E-state index is 0.557. The van der Waals surface area contributed by atoms with Crippen molar-refractivity contribution in [3.63, 3.8) is 0 Å². The fourth-order valence-electron chi connectivity index (χ4n) is 3.48. The molecule has 106 valence electrons. The predicted octanol–water partition coefficient (Wildman–Crippen LogP) is 2.12. The number of hydrogen-bond acceptors (Lipinski definition) is 3. The summed E-state index contributed by atoms with van der Waals surface area (Å²) < 4.78 is 5.37. The van der Waals surface area contributed by atoms with Crippen LogP contribution in [0.2, 0.25) is 0 Å². The summed E-state index contributed by atoms with van der Waals surface area (Å²) in [6.45, 7) is 13.6. The van der Waals surface area contributed by atoms with E-state index in [-0.39, 0.29) is 0 Å². The quantitative estimate of drug-likeness (QED) is 0.832. The number of rotatable bonds is 4. The number of ether oxygens (including phenoxy) is 1. The van der Waals surface area contributed by atoms with Crippen molar-refractivity contribution in [3.8, 4) is 0 Å². The number of nitrogens with one attached hydrogen (secondary N) is 1. The summed E-state index contributed by atoms with van der Waals surface area (Å²) in [5.74, 6) is 0.818. The maximum atomic E-state index is 5.37. The maximum Gasteiger partial charge on any atom is 0.0594 e. The fraction of sp³-hybridized carbons (Fsp3) is 1.00. The molecule has 1 saturated carbocycles. The second kappa shape index (κ2) is 6.36. The molecule has 0 aromatic heterocycles. The van der Waals surface area contributed by atoms with Crippen molar-refractivity contribution >= 4 is 0 Å². The summed E-state index contributed by atoms with van der Waals surface area (Å²) in [6.07, 6.45) is 4.08. The lowest BCUT2D eigenvalue weighted by molar-refractivity contribution is 0.0372. The van der Waals surface area contributed by atoms with Crippen LogP contribution in [0.15, 0.2) is 0 Å². The van der Waals surface area contributed by atoms with Gasteiger partial charge in [-0.3, -0.25) is 4.90 Å². The Bertz CT molecular complexity index is 249. The zero-order valence-electron chi connectivity index (χ0n) is 12.4. The fourth-order valence-corrected chi connectivity index (χ4v) is 3.48. The van der Waals surface area contributed by atoms with Gasteiger partial charge in [0.05, 0.1) is 13.2 Å². The lowest BCUT2D eigenvalue weighted by Gasteiger charge is -2.40. The number of nitrogens with zero attached hydrogens (tertiary/aromatic N) is 1. The Labute approximate surface area is 112 Å². The molecular formula is C15H30N2O. The molecule has 3 nitrogen and oxygen atoms in total. The van der Waals surface area contributed by atoms with E-state index < -0.39 is 0 Å². The largest absolute Gasteiger partial charge is 0.379 e. The number of hydrogen-bond donors (Lipinski definition) is 1. The van der Waals surface area contributed by atoms with Crippen molar-refractivity contribution in [1.29, 1.82) is 0 Å². The molecule has 0 aromatic rings. The van der Waals surface area contributed by atoms with Crippen molar-refractivity contribution in [1.82, 2.24) is 10.2 Å². The van der Waals surface area contributed by atoms with Crippen LogP contribution in [0.1, 0.15) is 40.0 Å². The van der Waals surface area contributed by atoms with Gasteiger partial charge in [0.15, 0.2) is 0 Å². The first-order valence-electron chi connectivity index (χ1n) is 7.60. The summed E-state index contributed by atoms with van der Waals surface area (Å²) in [5.41, 5.74) is 0.557. The molecule has 0 aromatic carbocycles. The van der Waals surface area contributed by atoms with E-state index in [9.17, 15) is 0 Å². The molecule has 3 heteroatoms. The molecule has 0 amide bonds. The van der Waals surface area contributed by atoms with Crippen molar-refractivity contribution < 1.29 is 4.74 Å². The van der Waals surface area contributed by atoms with Gasteiger partial charge in [-0.05, 0) is 30.6 Å². The van der Waals surface area contributed by atoms with Crippen LogP contribution in [0.3, 0.4) is 0 Å². The van der Waals surface area contributed by atoms with Crippen LogP contribution in [-0.2, 0) is 4.74 Å². The Balaban J connectivity index is 1.64. The molecule has 0 bridgehead atoms. The summed E-state index contributed by atoms with van der Waals surface area (Å²) in [6, 6.07) is 0.735. The van der Waals surface area contributed by atoms with Gasteiger partial charge < -0.3 is 10.1 Å². The molecule has 2 atom stereocenters. The average Bonchev–Trinajstić information content (AvgIpc) is 2.33. The summed E-state index contributed by atoms with van der Waals surface area (Å²) in [7, 11) is 0. The Hall–Kier alpha value is -0.120. The van der Waals surface area contributed by atoms with Crippen molar-refractivity contribution in [2.45, 2.75) is 46.1 Å². The summed E-state index contributed by atoms with van der Waals surface area (Å²) >= 11 is 0. The van der Waals surface area contributed by atoms with Crippen molar-refractivity contribution in [2.24, 2.45) is 11.3 Å². The third-order valence-corrected chi connectivity index (χ3v) is 4.63. The second-order valence-corrected chi connectivity index (χ2v) is 6.90. The molecule has 2 aliphatic rings. The molecule has 1 aliphatic heterocycles. The highest BCUT2D eigenvalue weighted by atomic mass is 16.5. The Morgan fingerprint density at radius 3 is 2.67 bits per heavy atom. The van der Waals surface area contributed by atoms with Gasteiger partial charge >= 0.3 is 0 Å². The van der Waals surface area contributed by atoms with E-state index in [0.717, 1.165) is 44.8 Å². The first kappa shape index (κ1) is 14.3. The van der Waals surface area contributed by atoms with Gasteiger partial charge in [-0.25, -0.2) is 0 Å². The zero-order chi connectivity index (χ0) is 13.0. The molecule has 18 heavy (non-hydrogen) atoms. The molecule has 1 heterocycles. The predicted molar refractivity (Wildman–Crippen MR) is 75.8 cm³/mol. The van der Waals surface area contributed by atoms with E-state index in [0.29, 0.717) is 5.41 Å². The van der Waals surface area contributed by atoms with E-state index in [1.807, 2.05) is 0 Å². The SMILES string of the molecule is CC1CC(C)(C)CCC1NCCN1CCOCC1. The van der Waals surface area contributed by atoms with Gasteiger partial charge in [0.1, 0.15) is 0 Å². The molecule has 0 spiro atoms. The summed E-state index contributed by atoms with van der Waals surface area (Å²) in [5, 5.41) is 3.77. The van der Waals surface area contributed by atoms with Gasteiger partial charge in [0, 0.05) is 32.2 Å². The van der Waals surface area contributed by atoms with E-state index in [2.05, 4.69) is 31.0 Å². The van der Waals surface area contributed by atoms with Gasteiger partial charge in [-0.15, -0.1) is 0 Å². The molecule has 1 N–H and O–H groups in total. The molecule has 2 unspecified atom stereocenters. The molecular weight excluding hydrogens is 224 g/mol. The first-order chi connectivity index (χ1) is 8.57. The van der Waals surface area contributed by atoms with Crippen LogP contribution in [0.25, 0.3) is 0 Å². The zero-order valence-corrected chi connectivity index (χ0v) is 12.4. The third kappa shape index (κ3) is 4.22. The normalized spacial score (nSPS) is 33.5. The molecule has 2 fully saturated rings. The second-order valence-electron chi connectivity index (χ2n) is 6.90. The lowest BCUT2D eigenvalue weighted by atomic mass is 9.70. The smallest absolute Gasteiger partial charge is 0.0594 e. The Morgan fingerprint density at radius 2 is 2.00 bits per heavy atom. The van der Waals surface area contributed by atoms with Crippen LogP contribution in [-0.4, -0.2) is 50.3 Å². The molecule has 0 radical (unpaired) electrons. The van der Waals surface area contributed by atoms with Gasteiger partial charge in [-0.2, -0.15) is 0 Å². The highest BCUT2D eigenvalue weighted by Gasteiger charge is 2.31. The van der Waals surface area contributed by atoms with Crippen LogP contribution in [0.4, 0.5) is 0 Å². The van der Waals surface area contributed by atoms with Crippen LogP contribution in [0.5, 0.6) is 0 Å². The molecule has 1 aliphatic carbocycles. The van der Waals surface area contributed by atoms with E-state index in [1.165, 1.54) is 25.8 Å². The lowest BCUT2D eigenvalue weighted by Crippen LogP contribution is -2.46. The standard InChI is InChI=1S/C15H30N2O/c1-13-12-15(2,3)5-4-14(13)16-6-7-17-8-10-18-11-9-17/h13-14,16H,4-12H2,1-3H3. The van der Waals surface area contributed by atoms with E-state index in [4.69, 9.17) is 4.74 Å². The van der Waals surface area contributed by atoms with E-state index >= 15 is 0 Å². The van der Waals surface area contributed by atoms with Crippen LogP contribution < -0.4 is 5.32 Å². The first-order valence-corrected chi connectivity index (χ1v) is 7.60. The Morgan fingerprint density at radius 1 is 1.28 bits per heavy atom. The Kier molecular flexibility index (Phi) is 5.05. The summed E-state index contributed by atoms with van der Waals surface area (Å²) in [4.78, 5) is 2.51. The maximum absolute atomic E-state index is 5.37. The van der Waals surface area contributed by atoms with Crippen LogP contribution >= 0.6 is 0 Å². The topological polar surface area (TPSA) is 24.5 Å². The van der Waals surface area contributed by atoms with Crippen molar-refractivity contribution in [2.75, 3.05) is 39.4 Å². The van der Waals surface area contributed by atoms with Gasteiger partial charge in [0.2, 0.25) is 0 Å². The van der Waals surface area contributed by atoms with Gasteiger partial charge in [0.25, 0.3) is 0 Å². The monoisotopic (exact) mass is 254 g/mol.